The second-order valence-electron chi connectivity index (χ2n) is 8.27. The van der Waals surface area contributed by atoms with Gasteiger partial charge in [0.25, 0.3) is 0 Å². The Morgan fingerprint density at radius 2 is 1.94 bits per heavy atom. The molecule has 2 heterocycles. The van der Waals surface area contributed by atoms with Crippen LogP contribution in [0.5, 0.6) is 5.75 Å². The van der Waals surface area contributed by atoms with Crippen molar-refractivity contribution < 1.29 is 19.0 Å². The van der Waals surface area contributed by atoms with Crippen LogP contribution < -0.4 is 16.3 Å². The molecule has 10 nitrogen and oxygen atoms in total. The fourth-order valence-corrected chi connectivity index (χ4v) is 3.46. The Hall–Kier alpha value is -4.41. The maximum Gasteiger partial charge on any atom is 0.304 e. The van der Waals surface area contributed by atoms with E-state index in [-0.39, 0.29) is 36.1 Å². The summed E-state index contributed by atoms with van der Waals surface area (Å²) in [5.74, 6) is 4.09. The van der Waals surface area contributed by atoms with E-state index < -0.39 is 17.2 Å². The van der Waals surface area contributed by atoms with Gasteiger partial charge in [-0.15, -0.1) is 0 Å². The molecule has 35 heavy (non-hydrogen) atoms. The lowest BCUT2D eigenvalue weighted by Crippen LogP contribution is -2.23. The van der Waals surface area contributed by atoms with Crippen LogP contribution in [-0.2, 0) is 16.8 Å². The van der Waals surface area contributed by atoms with Gasteiger partial charge >= 0.3 is 5.97 Å². The van der Waals surface area contributed by atoms with Crippen LogP contribution in [0.25, 0.3) is 11.3 Å². The topological polar surface area (TPSA) is 162 Å². The molecule has 182 valence electrons. The van der Waals surface area contributed by atoms with Gasteiger partial charge in [0.05, 0.1) is 43.4 Å². The summed E-state index contributed by atoms with van der Waals surface area (Å²) in [5, 5.41) is 12.9. The number of aliphatic imine (C=N–C) groups is 1. The summed E-state index contributed by atoms with van der Waals surface area (Å²) in [4.78, 5) is 28.4. The molecule has 0 bridgehead atoms. The predicted octanol–water partition coefficient (Wildman–Crippen LogP) is 2.95. The zero-order valence-electron chi connectivity index (χ0n) is 19.6. The first kappa shape index (κ1) is 25.2. The zero-order chi connectivity index (χ0) is 25.6. The third-order valence-corrected chi connectivity index (χ3v) is 5.15. The molecule has 0 spiro atoms. The van der Waals surface area contributed by atoms with E-state index >= 15 is 0 Å². The molecule has 0 radical (unpaired) electrons. The average Bonchev–Trinajstić information content (AvgIpc) is 2.80. The third kappa shape index (κ3) is 6.14. The van der Waals surface area contributed by atoms with E-state index in [0.29, 0.717) is 22.6 Å². The van der Waals surface area contributed by atoms with Crippen LogP contribution in [0.3, 0.4) is 0 Å². The summed E-state index contributed by atoms with van der Waals surface area (Å²) >= 11 is 0. The molecule has 0 saturated carbocycles. The molecule has 0 aliphatic heterocycles. The molecule has 3 aromatic rings. The molecule has 0 atom stereocenters. The Balaban J connectivity index is 1.85. The number of pyridine rings is 1. The van der Waals surface area contributed by atoms with Crippen LogP contribution in [0.1, 0.15) is 37.4 Å². The van der Waals surface area contributed by atoms with E-state index in [9.17, 15) is 9.18 Å². The fourth-order valence-electron chi connectivity index (χ4n) is 3.46. The lowest BCUT2D eigenvalue weighted by atomic mass is 9.85. The molecule has 3 rings (SSSR count). The highest BCUT2D eigenvalue weighted by molar-refractivity contribution is 6.37. The highest BCUT2D eigenvalue weighted by atomic mass is 19.1. The number of aliphatic carboxylic acids is 1. The van der Waals surface area contributed by atoms with Gasteiger partial charge in [-0.3, -0.25) is 14.8 Å². The first-order chi connectivity index (χ1) is 16.6. The lowest BCUT2D eigenvalue weighted by Gasteiger charge is -2.22. The van der Waals surface area contributed by atoms with E-state index in [1.54, 1.807) is 30.3 Å². The quantitative estimate of drug-likeness (QED) is 0.240. The maximum atomic E-state index is 14.2. The molecular weight excluding hydrogens is 453 g/mol. The fraction of sp³-hybridized carbons (Fsp3) is 0.250. The molecule has 0 fully saturated rings. The van der Waals surface area contributed by atoms with Gasteiger partial charge in [0.1, 0.15) is 5.71 Å². The lowest BCUT2D eigenvalue weighted by molar-refractivity contribution is -0.138. The Morgan fingerprint density at radius 3 is 2.63 bits per heavy atom. The van der Waals surface area contributed by atoms with Crippen LogP contribution >= 0.6 is 0 Å². The van der Waals surface area contributed by atoms with Crippen molar-refractivity contribution in [1.29, 1.82) is 0 Å². The standard InChI is InChI=1S/C24H26FN7O3/c1-24(2,11-21(33)34)20-9-4-6-14(29-20)12-28-13-19(32-27)18-10-17(30-23(26)31-18)15-7-5-8-16(25)22(15)35-3/h4-10,13H,11-12,27H2,1-3H3,(H,33,34)(H2,26,30,31)/b28-13?,32-19+. The number of hydrogen-bond acceptors (Lipinski definition) is 9. The highest BCUT2D eigenvalue weighted by Crippen LogP contribution is 2.31. The third-order valence-electron chi connectivity index (χ3n) is 5.15. The van der Waals surface area contributed by atoms with Gasteiger partial charge in [-0.05, 0) is 30.3 Å². The van der Waals surface area contributed by atoms with Gasteiger partial charge < -0.3 is 21.4 Å². The summed E-state index contributed by atoms with van der Waals surface area (Å²) in [6, 6.07) is 11.4. The van der Waals surface area contributed by atoms with Crippen LogP contribution in [0.15, 0.2) is 52.6 Å². The number of hydrazone groups is 1. The van der Waals surface area contributed by atoms with Gasteiger partial charge in [-0.2, -0.15) is 5.10 Å². The molecule has 11 heteroatoms. The van der Waals surface area contributed by atoms with Crippen molar-refractivity contribution in [2.45, 2.75) is 32.2 Å². The van der Waals surface area contributed by atoms with Crippen molar-refractivity contribution in [2.24, 2.45) is 15.9 Å². The SMILES string of the molecule is COc1c(F)cccc1-c1cc(/C(C=NCc2cccc(C(C)(C)CC(=O)O)n2)=N/N)nc(N)n1. The number of anilines is 1. The summed E-state index contributed by atoms with van der Waals surface area (Å²) in [5.41, 5.74) is 7.76. The molecule has 0 aliphatic rings. The molecule has 5 N–H and O–H groups in total. The van der Waals surface area contributed by atoms with Crippen molar-refractivity contribution in [1.82, 2.24) is 15.0 Å². The Bertz CT molecular complexity index is 1290. The van der Waals surface area contributed by atoms with Crippen molar-refractivity contribution in [3.63, 3.8) is 0 Å². The van der Waals surface area contributed by atoms with Gasteiger partial charge in [0.15, 0.2) is 11.6 Å². The van der Waals surface area contributed by atoms with E-state index in [1.807, 2.05) is 13.8 Å². The van der Waals surface area contributed by atoms with Crippen molar-refractivity contribution in [3.8, 4) is 17.0 Å². The number of hydrogen-bond donors (Lipinski definition) is 3. The number of carbonyl (C=O) groups is 1. The minimum atomic E-state index is -0.900. The Labute approximate surface area is 201 Å². The van der Waals surface area contributed by atoms with Gasteiger partial charge in [0.2, 0.25) is 5.95 Å². The molecule has 0 saturated heterocycles. The number of nitrogens with two attached hydrogens (primary N) is 2. The zero-order valence-corrected chi connectivity index (χ0v) is 19.6. The number of halogens is 1. The highest BCUT2D eigenvalue weighted by Gasteiger charge is 2.25. The van der Waals surface area contributed by atoms with E-state index in [1.165, 1.54) is 25.5 Å². The molecule has 0 aliphatic carbocycles. The number of carboxylic acid groups (broad SMARTS) is 1. The maximum absolute atomic E-state index is 14.2. The first-order valence-corrected chi connectivity index (χ1v) is 10.6. The number of methoxy groups -OCH3 is 1. The van der Waals surface area contributed by atoms with Crippen molar-refractivity contribution in [3.05, 3.63) is 65.4 Å². The molecule has 1 aromatic carbocycles. The minimum absolute atomic E-state index is 0.0215. The van der Waals surface area contributed by atoms with Crippen molar-refractivity contribution in [2.75, 3.05) is 12.8 Å². The van der Waals surface area contributed by atoms with Gasteiger partial charge in [-0.25, -0.2) is 14.4 Å². The molecule has 0 unspecified atom stereocenters. The summed E-state index contributed by atoms with van der Waals surface area (Å²) < 4.78 is 19.3. The van der Waals surface area contributed by atoms with Crippen LogP contribution in [0, 0.1) is 5.82 Å². The smallest absolute Gasteiger partial charge is 0.304 e. The Kier molecular flexibility index (Phi) is 7.69. The van der Waals surface area contributed by atoms with Crippen LogP contribution in [0.2, 0.25) is 0 Å². The Morgan fingerprint density at radius 1 is 1.20 bits per heavy atom. The second kappa shape index (κ2) is 10.7. The van der Waals surface area contributed by atoms with Gasteiger partial charge in [0, 0.05) is 16.7 Å². The van der Waals surface area contributed by atoms with E-state index in [4.69, 9.17) is 21.4 Å². The largest absolute Gasteiger partial charge is 0.493 e. The average molecular weight is 480 g/mol. The summed E-state index contributed by atoms with van der Waals surface area (Å²) in [6.45, 7) is 3.84. The predicted molar refractivity (Wildman–Crippen MR) is 131 cm³/mol. The number of rotatable bonds is 9. The van der Waals surface area contributed by atoms with Crippen molar-refractivity contribution >= 4 is 23.8 Å². The van der Waals surface area contributed by atoms with Crippen LogP contribution in [0.4, 0.5) is 10.3 Å². The number of nitrogen functional groups attached to an aromatic ring is 1. The number of para-hydroxylation sites is 1. The van der Waals surface area contributed by atoms with Gasteiger partial charge in [-0.1, -0.05) is 26.0 Å². The number of carboxylic acids is 1. The minimum Gasteiger partial charge on any atom is -0.493 e. The molecule has 2 aromatic heterocycles. The van der Waals surface area contributed by atoms with E-state index in [0.717, 1.165) is 0 Å². The number of ether oxygens (including phenoxy) is 1. The summed E-state index contributed by atoms with van der Waals surface area (Å²) in [7, 11) is 1.36. The second-order valence-corrected chi connectivity index (χ2v) is 8.27. The summed E-state index contributed by atoms with van der Waals surface area (Å²) in [6.07, 6.45) is 1.37. The van der Waals surface area contributed by atoms with Crippen LogP contribution in [-0.4, -0.2) is 45.1 Å². The monoisotopic (exact) mass is 479 g/mol. The molecule has 0 amide bonds. The first-order valence-electron chi connectivity index (χ1n) is 10.6. The molecular formula is C24H26FN7O3. The van der Waals surface area contributed by atoms with E-state index in [2.05, 4.69) is 25.0 Å². The normalized spacial score (nSPS) is 12.2. The number of nitrogens with zero attached hydrogens (tertiary/aromatic N) is 5. The number of benzene rings is 1. The number of aromatic nitrogens is 3.